The second-order valence-corrected chi connectivity index (χ2v) is 6.97. The lowest BCUT2D eigenvalue weighted by atomic mass is 9.82. The highest BCUT2D eigenvalue weighted by Gasteiger charge is 2.41. The zero-order chi connectivity index (χ0) is 15.3. The summed E-state index contributed by atoms with van der Waals surface area (Å²) in [4.78, 5) is 3.63. The van der Waals surface area contributed by atoms with Crippen molar-refractivity contribution in [2.75, 3.05) is 31.3 Å². The first-order chi connectivity index (χ1) is 9.95. The number of rotatable bonds is 8. The first-order valence-electron chi connectivity index (χ1n) is 6.84. The summed E-state index contributed by atoms with van der Waals surface area (Å²) >= 11 is 0. The van der Waals surface area contributed by atoms with E-state index in [1.54, 1.807) is 13.2 Å². The minimum Gasteiger partial charge on any atom is -0.377 e. The molecule has 1 aromatic rings. The molecule has 0 aliphatic heterocycles. The summed E-state index contributed by atoms with van der Waals surface area (Å²) in [6.07, 6.45) is 2.54. The fourth-order valence-electron chi connectivity index (χ4n) is 2.28. The molecule has 0 saturated heterocycles. The first-order valence-corrected chi connectivity index (χ1v) is 8.49. The van der Waals surface area contributed by atoms with E-state index in [4.69, 9.17) is 4.74 Å². The molecule has 1 saturated carbocycles. The van der Waals surface area contributed by atoms with Crippen molar-refractivity contribution in [1.29, 1.82) is 0 Å². The van der Waals surface area contributed by atoms with E-state index in [1.807, 2.05) is 0 Å². The Labute approximate surface area is 124 Å². The number of nitrogens with zero attached hydrogens (tertiary/aromatic N) is 1. The van der Waals surface area contributed by atoms with Crippen LogP contribution in [0.4, 0.5) is 10.2 Å². The number of hydrogen-bond acceptors (Lipinski definition) is 5. The van der Waals surface area contributed by atoms with Gasteiger partial charge in [-0.25, -0.2) is 18.1 Å². The Morgan fingerprint density at radius 1 is 1.38 bits per heavy atom. The van der Waals surface area contributed by atoms with Gasteiger partial charge in [-0.2, -0.15) is 4.39 Å². The number of pyridine rings is 1. The lowest BCUT2D eigenvalue weighted by molar-refractivity contribution is -0.0526. The van der Waals surface area contributed by atoms with Crippen LogP contribution in [0.25, 0.3) is 0 Å². The van der Waals surface area contributed by atoms with Gasteiger partial charge in [0.1, 0.15) is 5.82 Å². The van der Waals surface area contributed by atoms with Gasteiger partial charge in [0.15, 0.2) is 0 Å². The topological polar surface area (TPSA) is 80.3 Å². The number of anilines is 1. The first kappa shape index (κ1) is 16.1. The molecule has 1 aliphatic carbocycles. The molecular weight excluding hydrogens is 297 g/mol. The maximum Gasteiger partial charge on any atom is 0.214 e. The zero-order valence-corrected chi connectivity index (χ0v) is 12.7. The summed E-state index contributed by atoms with van der Waals surface area (Å²) in [6, 6.07) is 4.40. The van der Waals surface area contributed by atoms with E-state index >= 15 is 0 Å². The average molecular weight is 317 g/mol. The molecule has 0 atom stereocenters. The lowest BCUT2D eigenvalue weighted by Gasteiger charge is -2.39. The van der Waals surface area contributed by atoms with Crippen molar-refractivity contribution in [3.8, 4) is 0 Å². The van der Waals surface area contributed by atoms with E-state index in [0.717, 1.165) is 19.3 Å². The van der Waals surface area contributed by atoms with Crippen molar-refractivity contribution in [1.82, 2.24) is 9.71 Å². The van der Waals surface area contributed by atoms with E-state index in [9.17, 15) is 12.8 Å². The molecular formula is C13H20FN3O3S. The van der Waals surface area contributed by atoms with Gasteiger partial charge in [0.05, 0.1) is 11.4 Å². The van der Waals surface area contributed by atoms with E-state index < -0.39 is 21.6 Å². The molecule has 1 fully saturated rings. The largest absolute Gasteiger partial charge is 0.377 e. The average Bonchev–Trinajstić information content (AvgIpc) is 2.39. The summed E-state index contributed by atoms with van der Waals surface area (Å²) in [5.41, 5.74) is -0.524. The van der Waals surface area contributed by atoms with Gasteiger partial charge in [-0.05, 0) is 31.4 Å². The standard InChI is InChI=1S/C13H20FN3O3S/c1-20-13(6-3-7-13)10-21(18,19)16-9-8-15-12-5-2-4-11(14)17-12/h2,4-5,16H,3,6-10H2,1H3,(H,15,17). The quantitative estimate of drug-likeness (QED) is 0.555. The lowest BCUT2D eigenvalue weighted by Crippen LogP contribution is -2.48. The van der Waals surface area contributed by atoms with Crippen LogP contribution in [0.3, 0.4) is 0 Å². The maximum absolute atomic E-state index is 12.9. The molecule has 0 amide bonds. The third-order valence-electron chi connectivity index (χ3n) is 3.62. The van der Waals surface area contributed by atoms with Crippen LogP contribution in [0.5, 0.6) is 0 Å². The predicted molar refractivity (Wildman–Crippen MR) is 78.1 cm³/mol. The fourth-order valence-corrected chi connectivity index (χ4v) is 3.89. The Hall–Kier alpha value is -1.25. The summed E-state index contributed by atoms with van der Waals surface area (Å²) in [5, 5.41) is 2.85. The number of halogens is 1. The fraction of sp³-hybridized carbons (Fsp3) is 0.615. The highest BCUT2D eigenvalue weighted by atomic mass is 32.2. The van der Waals surface area contributed by atoms with Gasteiger partial charge in [0, 0.05) is 20.2 Å². The molecule has 0 aromatic carbocycles. The van der Waals surface area contributed by atoms with Crippen molar-refractivity contribution in [3.05, 3.63) is 24.1 Å². The van der Waals surface area contributed by atoms with Gasteiger partial charge >= 0.3 is 0 Å². The molecule has 1 aliphatic rings. The van der Waals surface area contributed by atoms with Gasteiger partial charge in [0.25, 0.3) is 0 Å². The number of aromatic nitrogens is 1. The summed E-state index contributed by atoms with van der Waals surface area (Å²) in [7, 11) is -1.84. The molecule has 0 spiro atoms. The molecule has 0 radical (unpaired) electrons. The van der Waals surface area contributed by atoms with E-state index in [-0.39, 0.29) is 12.3 Å². The van der Waals surface area contributed by atoms with Crippen LogP contribution in [0, 0.1) is 5.95 Å². The highest BCUT2D eigenvalue weighted by molar-refractivity contribution is 7.89. The Bertz CT molecular complexity index is 570. The van der Waals surface area contributed by atoms with E-state index in [1.165, 1.54) is 12.1 Å². The van der Waals surface area contributed by atoms with Crippen LogP contribution in [0.1, 0.15) is 19.3 Å². The Balaban J connectivity index is 1.74. The molecule has 0 bridgehead atoms. The molecule has 0 unspecified atom stereocenters. The molecule has 6 nitrogen and oxygen atoms in total. The van der Waals surface area contributed by atoms with Crippen molar-refractivity contribution in [2.45, 2.75) is 24.9 Å². The number of ether oxygens (including phenoxy) is 1. The number of methoxy groups -OCH3 is 1. The molecule has 2 rings (SSSR count). The monoisotopic (exact) mass is 317 g/mol. The maximum atomic E-state index is 12.9. The Morgan fingerprint density at radius 2 is 2.14 bits per heavy atom. The third kappa shape index (κ3) is 4.62. The Morgan fingerprint density at radius 3 is 2.71 bits per heavy atom. The SMILES string of the molecule is COC1(CS(=O)(=O)NCCNc2cccc(F)n2)CCC1. The molecule has 8 heteroatoms. The minimum atomic E-state index is -3.38. The number of hydrogen-bond donors (Lipinski definition) is 2. The highest BCUT2D eigenvalue weighted by Crippen LogP contribution is 2.35. The van der Waals surface area contributed by atoms with Crippen LogP contribution in [0.15, 0.2) is 18.2 Å². The second kappa shape index (κ2) is 6.67. The second-order valence-electron chi connectivity index (χ2n) is 5.17. The van der Waals surface area contributed by atoms with Gasteiger partial charge in [0.2, 0.25) is 16.0 Å². The molecule has 118 valence electrons. The molecule has 1 heterocycles. The normalized spacial score (nSPS) is 17.2. The number of nitrogens with one attached hydrogen (secondary N) is 2. The van der Waals surface area contributed by atoms with E-state index in [2.05, 4.69) is 15.0 Å². The van der Waals surface area contributed by atoms with Gasteiger partial charge in [-0.1, -0.05) is 6.07 Å². The van der Waals surface area contributed by atoms with Crippen LogP contribution in [-0.4, -0.2) is 45.0 Å². The summed E-state index contributed by atoms with van der Waals surface area (Å²) in [6.45, 7) is 0.538. The molecule has 1 aromatic heterocycles. The Kier molecular flexibility index (Phi) is 5.13. The van der Waals surface area contributed by atoms with Crippen molar-refractivity contribution in [2.24, 2.45) is 0 Å². The van der Waals surface area contributed by atoms with Crippen LogP contribution in [0.2, 0.25) is 0 Å². The summed E-state index contributed by atoms with van der Waals surface area (Å²) in [5.74, 6) is -0.219. The molecule has 21 heavy (non-hydrogen) atoms. The van der Waals surface area contributed by atoms with Crippen molar-refractivity contribution < 1.29 is 17.5 Å². The van der Waals surface area contributed by atoms with Gasteiger partial charge in [-0.3, -0.25) is 0 Å². The molecule has 2 N–H and O–H groups in total. The number of sulfonamides is 1. The van der Waals surface area contributed by atoms with Crippen LogP contribution < -0.4 is 10.0 Å². The van der Waals surface area contributed by atoms with E-state index in [0.29, 0.717) is 12.4 Å². The smallest absolute Gasteiger partial charge is 0.214 e. The van der Waals surface area contributed by atoms with Crippen LogP contribution in [-0.2, 0) is 14.8 Å². The van der Waals surface area contributed by atoms with Gasteiger partial charge in [-0.15, -0.1) is 0 Å². The summed E-state index contributed by atoms with van der Waals surface area (Å²) < 4.78 is 44.6. The van der Waals surface area contributed by atoms with Crippen molar-refractivity contribution >= 4 is 15.8 Å². The van der Waals surface area contributed by atoms with Crippen molar-refractivity contribution in [3.63, 3.8) is 0 Å². The van der Waals surface area contributed by atoms with Gasteiger partial charge < -0.3 is 10.1 Å². The predicted octanol–water partition coefficient (Wildman–Crippen LogP) is 1.12. The minimum absolute atomic E-state index is 0.0191. The zero-order valence-electron chi connectivity index (χ0n) is 11.9. The van der Waals surface area contributed by atoms with Crippen LogP contribution >= 0.6 is 0 Å². The third-order valence-corrected chi connectivity index (χ3v) is 5.17.